The summed E-state index contributed by atoms with van der Waals surface area (Å²) < 4.78 is 35.5. The molecular formula is C26H22ClFN4O5. The van der Waals surface area contributed by atoms with Gasteiger partial charge in [-0.25, -0.2) is 28.9 Å². The van der Waals surface area contributed by atoms with Gasteiger partial charge < -0.3 is 14.2 Å². The van der Waals surface area contributed by atoms with Gasteiger partial charge in [0.05, 0.1) is 17.5 Å². The number of rotatable bonds is 5. The molecule has 2 aromatic carbocycles. The van der Waals surface area contributed by atoms with Crippen molar-refractivity contribution in [3.8, 4) is 0 Å². The van der Waals surface area contributed by atoms with Crippen LogP contribution in [-0.4, -0.2) is 49.0 Å². The standard InChI is InChI=1S/C26H22ClFN4O5/c1-15-9-7-8-12-17(15)22(34)35-24-26(3,37-21(33)16-10-5-4-6-11-16)25(2,28)23(36-24)32-14-31-18-19(27)29-13-30-20(18)32/h4-14,23-24H,1-3H3/t23-,24+,25+,26+/m1/s1. The SMILES string of the molecule is Cc1ccccc1C(=O)O[C@H]1O[C@@H](n2cnc3c(Cl)ncnc32)[C@](C)(F)[C@@]1(C)OC(=O)c1ccccc1. The Balaban J connectivity index is 1.56. The first-order chi connectivity index (χ1) is 17.6. The van der Waals surface area contributed by atoms with Crippen LogP contribution in [0, 0.1) is 6.92 Å². The van der Waals surface area contributed by atoms with Gasteiger partial charge in [-0.15, -0.1) is 0 Å². The molecule has 3 heterocycles. The highest BCUT2D eigenvalue weighted by atomic mass is 35.5. The fourth-order valence-electron chi connectivity index (χ4n) is 4.25. The van der Waals surface area contributed by atoms with Crippen LogP contribution in [0.5, 0.6) is 0 Å². The molecule has 0 amide bonds. The molecule has 9 nitrogen and oxygen atoms in total. The van der Waals surface area contributed by atoms with E-state index < -0.39 is 35.7 Å². The lowest BCUT2D eigenvalue weighted by Crippen LogP contribution is -2.55. The maximum absolute atomic E-state index is 16.9. The van der Waals surface area contributed by atoms with Gasteiger partial charge >= 0.3 is 11.9 Å². The number of fused-ring (bicyclic) bond motifs is 1. The third kappa shape index (κ3) is 4.11. The highest BCUT2D eigenvalue weighted by molar-refractivity contribution is 6.33. The average Bonchev–Trinajstić information content (AvgIpc) is 3.38. The summed E-state index contributed by atoms with van der Waals surface area (Å²) >= 11 is 6.12. The van der Waals surface area contributed by atoms with Gasteiger partial charge in [0, 0.05) is 0 Å². The van der Waals surface area contributed by atoms with E-state index in [9.17, 15) is 9.59 Å². The van der Waals surface area contributed by atoms with E-state index in [0.29, 0.717) is 5.56 Å². The van der Waals surface area contributed by atoms with E-state index in [0.717, 1.165) is 0 Å². The predicted octanol–water partition coefficient (Wildman–Crippen LogP) is 4.84. The van der Waals surface area contributed by atoms with Crippen LogP contribution in [0.3, 0.4) is 0 Å². The second-order valence-electron chi connectivity index (χ2n) is 8.97. The predicted molar refractivity (Wildman–Crippen MR) is 131 cm³/mol. The van der Waals surface area contributed by atoms with Crippen LogP contribution in [0.15, 0.2) is 67.3 Å². The second-order valence-corrected chi connectivity index (χ2v) is 9.33. The van der Waals surface area contributed by atoms with Crippen LogP contribution in [-0.2, 0) is 14.2 Å². The molecule has 0 aliphatic carbocycles. The van der Waals surface area contributed by atoms with E-state index in [1.165, 1.54) is 43.2 Å². The first-order valence-corrected chi connectivity index (χ1v) is 11.7. The van der Waals surface area contributed by atoms with Gasteiger partial charge in [-0.05, 0) is 44.5 Å². The third-order valence-corrected chi connectivity index (χ3v) is 6.87. The summed E-state index contributed by atoms with van der Waals surface area (Å²) in [4.78, 5) is 38.4. The van der Waals surface area contributed by atoms with Crippen molar-refractivity contribution in [2.24, 2.45) is 0 Å². The first-order valence-electron chi connectivity index (χ1n) is 11.4. The summed E-state index contributed by atoms with van der Waals surface area (Å²) in [7, 11) is 0. The van der Waals surface area contributed by atoms with E-state index in [-0.39, 0.29) is 27.4 Å². The smallest absolute Gasteiger partial charge is 0.340 e. The molecule has 1 aliphatic heterocycles. The van der Waals surface area contributed by atoms with Crippen molar-refractivity contribution in [1.82, 2.24) is 19.5 Å². The average molecular weight is 525 g/mol. The quantitative estimate of drug-likeness (QED) is 0.269. The van der Waals surface area contributed by atoms with Crippen LogP contribution in [0.25, 0.3) is 11.2 Å². The maximum Gasteiger partial charge on any atom is 0.340 e. The van der Waals surface area contributed by atoms with E-state index in [1.54, 1.807) is 49.4 Å². The van der Waals surface area contributed by atoms with Crippen molar-refractivity contribution in [1.29, 1.82) is 0 Å². The number of aryl methyl sites for hydroxylation is 1. The van der Waals surface area contributed by atoms with Gasteiger partial charge in [-0.2, -0.15) is 0 Å². The molecule has 0 bridgehead atoms. The Labute approximate surface area is 216 Å². The second kappa shape index (κ2) is 9.20. The molecule has 0 N–H and O–H groups in total. The highest BCUT2D eigenvalue weighted by Gasteiger charge is 2.68. The largest absolute Gasteiger partial charge is 0.445 e. The lowest BCUT2D eigenvalue weighted by molar-refractivity contribution is -0.179. The van der Waals surface area contributed by atoms with E-state index >= 15 is 4.39 Å². The molecule has 4 aromatic rings. The molecule has 1 fully saturated rings. The Kier molecular flexibility index (Phi) is 6.17. The van der Waals surface area contributed by atoms with Gasteiger partial charge in [0.1, 0.15) is 11.8 Å². The number of imidazole rings is 1. The summed E-state index contributed by atoms with van der Waals surface area (Å²) in [6, 6.07) is 14.9. The number of hydrogen-bond donors (Lipinski definition) is 0. The summed E-state index contributed by atoms with van der Waals surface area (Å²) in [6.45, 7) is 4.26. The first kappa shape index (κ1) is 24.8. The molecule has 0 unspecified atom stereocenters. The minimum atomic E-state index is -2.43. The Morgan fingerprint density at radius 1 is 1.03 bits per heavy atom. The molecule has 190 valence electrons. The molecule has 0 saturated carbocycles. The molecule has 4 atom stereocenters. The molecule has 1 saturated heterocycles. The topological polar surface area (TPSA) is 105 Å². The Bertz CT molecular complexity index is 1490. The molecule has 1 aliphatic rings. The van der Waals surface area contributed by atoms with Crippen molar-refractivity contribution >= 4 is 34.7 Å². The molecule has 2 aromatic heterocycles. The summed E-state index contributed by atoms with van der Waals surface area (Å²) in [5.41, 5.74) is -2.97. The number of carbonyl (C=O) groups excluding carboxylic acids is 2. The Morgan fingerprint density at radius 3 is 2.46 bits per heavy atom. The summed E-state index contributed by atoms with van der Waals surface area (Å²) in [6.07, 6.45) is -0.579. The van der Waals surface area contributed by atoms with Crippen molar-refractivity contribution in [2.45, 2.75) is 44.6 Å². The third-order valence-electron chi connectivity index (χ3n) is 6.60. The Hall–Kier alpha value is -3.89. The fraction of sp³-hybridized carbons (Fsp3) is 0.269. The molecule has 5 rings (SSSR count). The number of nitrogens with zero attached hydrogens (tertiary/aromatic N) is 4. The van der Waals surface area contributed by atoms with Gasteiger partial charge in [0.15, 0.2) is 22.7 Å². The normalized spacial score (nSPS) is 25.2. The monoisotopic (exact) mass is 524 g/mol. The van der Waals surface area contributed by atoms with Gasteiger partial charge in [0.2, 0.25) is 11.9 Å². The molecule has 0 spiro atoms. The number of benzene rings is 2. The summed E-state index contributed by atoms with van der Waals surface area (Å²) in [5.74, 6) is -1.57. The van der Waals surface area contributed by atoms with Crippen LogP contribution >= 0.6 is 11.6 Å². The number of alkyl halides is 1. The van der Waals surface area contributed by atoms with Crippen LogP contribution in [0.1, 0.15) is 46.4 Å². The molecule has 11 heteroatoms. The lowest BCUT2D eigenvalue weighted by atomic mass is 9.87. The van der Waals surface area contributed by atoms with Crippen molar-refractivity contribution in [2.75, 3.05) is 0 Å². The van der Waals surface area contributed by atoms with E-state index in [4.69, 9.17) is 25.8 Å². The zero-order valence-electron chi connectivity index (χ0n) is 20.1. The molecular weight excluding hydrogens is 503 g/mol. The lowest BCUT2D eigenvalue weighted by Gasteiger charge is -2.36. The van der Waals surface area contributed by atoms with Crippen molar-refractivity contribution in [3.63, 3.8) is 0 Å². The van der Waals surface area contributed by atoms with E-state index in [1.807, 2.05) is 0 Å². The summed E-state index contributed by atoms with van der Waals surface area (Å²) in [5, 5.41) is 0.0723. The highest BCUT2D eigenvalue weighted by Crippen LogP contribution is 2.51. The minimum absolute atomic E-state index is 0.0723. The van der Waals surface area contributed by atoms with Crippen molar-refractivity contribution < 1.29 is 28.2 Å². The molecule has 0 radical (unpaired) electrons. The van der Waals surface area contributed by atoms with Crippen LogP contribution in [0.4, 0.5) is 4.39 Å². The molecule has 37 heavy (non-hydrogen) atoms. The minimum Gasteiger partial charge on any atom is -0.445 e. The van der Waals surface area contributed by atoms with Gasteiger partial charge in [-0.1, -0.05) is 48.0 Å². The number of esters is 2. The van der Waals surface area contributed by atoms with Gasteiger partial charge in [0.25, 0.3) is 0 Å². The number of hydrogen-bond acceptors (Lipinski definition) is 8. The van der Waals surface area contributed by atoms with Crippen LogP contribution in [0.2, 0.25) is 5.15 Å². The zero-order valence-corrected chi connectivity index (χ0v) is 20.8. The van der Waals surface area contributed by atoms with Crippen molar-refractivity contribution in [3.05, 3.63) is 89.1 Å². The number of ether oxygens (including phenoxy) is 3. The Morgan fingerprint density at radius 2 is 1.73 bits per heavy atom. The van der Waals surface area contributed by atoms with Gasteiger partial charge in [-0.3, -0.25) is 4.57 Å². The van der Waals surface area contributed by atoms with E-state index in [2.05, 4.69) is 15.0 Å². The zero-order chi connectivity index (χ0) is 26.4. The number of carbonyl (C=O) groups is 2. The number of aromatic nitrogens is 4. The number of halogens is 2. The fourth-order valence-corrected chi connectivity index (χ4v) is 4.43. The van der Waals surface area contributed by atoms with Crippen LogP contribution < -0.4 is 0 Å². The maximum atomic E-state index is 16.9.